The fourth-order valence-corrected chi connectivity index (χ4v) is 2.39. The number of carbonyl (C=O) groups is 1. The topological polar surface area (TPSA) is 63.6 Å². The molecule has 1 aliphatic heterocycles. The number of nitrogens with zero attached hydrogens (tertiary/aromatic N) is 2. The van der Waals surface area contributed by atoms with E-state index in [9.17, 15) is 31.1 Å². The van der Waals surface area contributed by atoms with E-state index in [1.165, 1.54) is 0 Å². The predicted octanol–water partition coefficient (Wildman–Crippen LogP) is 3.70. The first-order valence-electron chi connectivity index (χ1n) is 7.07. The van der Waals surface area contributed by atoms with Crippen LogP contribution in [-0.2, 0) is 9.63 Å². The molecule has 1 atom stereocenters. The fourth-order valence-electron chi connectivity index (χ4n) is 2.22. The highest BCUT2D eigenvalue weighted by Crippen LogP contribution is 2.29. The third-order valence-corrected chi connectivity index (χ3v) is 3.87. The molecule has 1 aliphatic rings. The Hall–Kier alpha value is -2.82. The van der Waals surface area contributed by atoms with E-state index in [0.29, 0.717) is 6.07 Å². The Morgan fingerprint density at radius 1 is 1.07 bits per heavy atom. The predicted molar refractivity (Wildman–Crippen MR) is 80.1 cm³/mol. The molecule has 5 nitrogen and oxygen atoms in total. The fraction of sp³-hybridized carbons (Fsp3) is 0.133. The molecular weight excluding hydrogens is 404 g/mol. The molecule has 0 bridgehead atoms. The Morgan fingerprint density at radius 2 is 1.74 bits per heavy atom. The van der Waals surface area contributed by atoms with Crippen molar-refractivity contribution < 1.29 is 36.0 Å². The standard InChI is InChI=1S/C15H6ClF6N3O2/c16-10-12(11(20)14(22)24-13(10)21)23-15(26)9-3-8(25-27-9)4-1-6(18)7(19)2-5(4)17/h1-2,9H,3H2,(H,23,24,26). The van der Waals surface area contributed by atoms with Crippen LogP contribution in [0, 0.1) is 35.2 Å². The molecule has 0 saturated carbocycles. The zero-order chi connectivity index (χ0) is 19.9. The SMILES string of the molecule is O=C(Nc1c(F)c(F)nc(F)c1Cl)C1CC(c2cc(F)c(F)cc2F)=NO1. The van der Waals surface area contributed by atoms with Crippen molar-refractivity contribution in [3.05, 3.63) is 57.9 Å². The summed E-state index contributed by atoms with van der Waals surface area (Å²) in [7, 11) is 0. The highest BCUT2D eigenvalue weighted by atomic mass is 35.5. The van der Waals surface area contributed by atoms with E-state index < -0.39 is 69.9 Å². The van der Waals surface area contributed by atoms with Crippen LogP contribution in [0.25, 0.3) is 0 Å². The molecule has 2 aromatic rings. The molecule has 0 aliphatic carbocycles. The van der Waals surface area contributed by atoms with Gasteiger partial charge in [0.15, 0.2) is 11.6 Å². The number of benzene rings is 1. The lowest BCUT2D eigenvalue weighted by Gasteiger charge is -2.12. The molecule has 0 saturated heterocycles. The highest BCUT2D eigenvalue weighted by molar-refractivity contribution is 6.33. The number of oxime groups is 1. The third-order valence-electron chi connectivity index (χ3n) is 3.53. The number of halogens is 7. The summed E-state index contributed by atoms with van der Waals surface area (Å²) in [6, 6.07) is 0.815. The van der Waals surface area contributed by atoms with E-state index in [4.69, 9.17) is 16.4 Å². The minimum atomic E-state index is -1.83. The number of hydrogen-bond acceptors (Lipinski definition) is 4. The molecular formula is C15H6ClF6N3O2. The molecule has 27 heavy (non-hydrogen) atoms. The van der Waals surface area contributed by atoms with Crippen LogP contribution in [-0.4, -0.2) is 22.7 Å². The number of pyridine rings is 1. The van der Waals surface area contributed by atoms with Gasteiger partial charge in [-0.15, -0.1) is 0 Å². The largest absolute Gasteiger partial charge is 0.382 e. The van der Waals surface area contributed by atoms with Gasteiger partial charge in [0, 0.05) is 18.1 Å². The summed E-state index contributed by atoms with van der Waals surface area (Å²) in [4.78, 5) is 19.4. The minimum Gasteiger partial charge on any atom is -0.382 e. The summed E-state index contributed by atoms with van der Waals surface area (Å²) in [5.74, 6) is -10.1. The van der Waals surface area contributed by atoms with Crippen molar-refractivity contribution in [1.82, 2.24) is 4.98 Å². The van der Waals surface area contributed by atoms with Crippen LogP contribution < -0.4 is 5.32 Å². The van der Waals surface area contributed by atoms with Gasteiger partial charge in [-0.25, -0.2) is 13.2 Å². The second-order valence-corrected chi connectivity index (χ2v) is 5.65. The molecule has 3 rings (SSSR count). The van der Waals surface area contributed by atoms with Gasteiger partial charge in [0.05, 0.1) is 5.71 Å². The van der Waals surface area contributed by atoms with Gasteiger partial charge in [0.1, 0.15) is 16.5 Å². The van der Waals surface area contributed by atoms with Crippen LogP contribution in [0.3, 0.4) is 0 Å². The van der Waals surface area contributed by atoms with E-state index in [2.05, 4.69) is 10.1 Å². The molecule has 1 aromatic heterocycles. The Bertz CT molecular complexity index is 959. The monoisotopic (exact) mass is 409 g/mol. The number of nitrogens with one attached hydrogen (secondary N) is 1. The maximum Gasteiger partial charge on any atom is 0.268 e. The Labute approximate surface area is 151 Å². The zero-order valence-corrected chi connectivity index (χ0v) is 13.6. The van der Waals surface area contributed by atoms with Crippen molar-refractivity contribution in [3.8, 4) is 0 Å². The first kappa shape index (κ1) is 19.0. The summed E-state index contributed by atoms with van der Waals surface area (Å²) < 4.78 is 80.1. The molecule has 0 radical (unpaired) electrons. The van der Waals surface area contributed by atoms with Gasteiger partial charge in [-0.2, -0.15) is 18.2 Å². The van der Waals surface area contributed by atoms with Crippen LogP contribution in [0.4, 0.5) is 32.0 Å². The van der Waals surface area contributed by atoms with Crippen LogP contribution in [0.15, 0.2) is 17.3 Å². The second kappa shape index (κ2) is 7.06. The van der Waals surface area contributed by atoms with E-state index in [1.54, 1.807) is 0 Å². The Morgan fingerprint density at radius 3 is 2.44 bits per heavy atom. The van der Waals surface area contributed by atoms with E-state index in [0.717, 1.165) is 0 Å². The van der Waals surface area contributed by atoms with Gasteiger partial charge in [0.25, 0.3) is 11.9 Å². The van der Waals surface area contributed by atoms with Crippen molar-refractivity contribution in [2.24, 2.45) is 5.16 Å². The number of anilines is 1. The molecule has 1 unspecified atom stereocenters. The van der Waals surface area contributed by atoms with Crippen molar-refractivity contribution in [1.29, 1.82) is 0 Å². The van der Waals surface area contributed by atoms with E-state index >= 15 is 0 Å². The summed E-state index contributed by atoms with van der Waals surface area (Å²) in [5.41, 5.74) is -1.69. The molecule has 1 amide bonds. The lowest BCUT2D eigenvalue weighted by atomic mass is 10.0. The number of carbonyl (C=O) groups excluding carboxylic acids is 1. The maximum atomic E-state index is 13.8. The van der Waals surface area contributed by atoms with Gasteiger partial charge >= 0.3 is 0 Å². The lowest BCUT2D eigenvalue weighted by Crippen LogP contribution is -2.29. The molecule has 142 valence electrons. The number of hydrogen-bond donors (Lipinski definition) is 1. The molecule has 12 heteroatoms. The van der Waals surface area contributed by atoms with Gasteiger partial charge in [-0.3, -0.25) is 4.79 Å². The third kappa shape index (κ3) is 3.54. The van der Waals surface area contributed by atoms with Gasteiger partial charge in [-0.05, 0) is 6.07 Å². The van der Waals surface area contributed by atoms with Gasteiger partial charge in [-0.1, -0.05) is 16.8 Å². The number of aromatic nitrogens is 1. The molecule has 2 heterocycles. The number of rotatable bonds is 3. The van der Waals surface area contributed by atoms with Crippen LogP contribution in [0.1, 0.15) is 12.0 Å². The normalized spacial score (nSPS) is 16.1. The van der Waals surface area contributed by atoms with Crippen molar-refractivity contribution in [2.45, 2.75) is 12.5 Å². The first-order valence-corrected chi connectivity index (χ1v) is 7.45. The zero-order valence-electron chi connectivity index (χ0n) is 12.8. The van der Waals surface area contributed by atoms with Gasteiger partial charge in [0.2, 0.25) is 17.9 Å². The Kier molecular flexibility index (Phi) is 4.96. The summed E-state index contributed by atoms with van der Waals surface area (Å²) in [6.45, 7) is 0. The van der Waals surface area contributed by atoms with Crippen molar-refractivity contribution in [3.63, 3.8) is 0 Å². The van der Waals surface area contributed by atoms with E-state index in [1.807, 2.05) is 5.32 Å². The van der Waals surface area contributed by atoms with Crippen LogP contribution >= 0.6 is 11.6 Å². The highest BCUT2D eigenvalue weighted by Gasteiger charge is 2.32. The van der Waals surface area contributed by atoms with Crippen molar-refractivity contribution >= 4 is 28.9 Å². The van der Waals surface area contributed by atoms with Gasteiger partial charge < -0.3 is 10.2 Å². The molecule has 0 fully saturated rings. The molecule has 1 aromatic carbocycles. The average molecular weight is 410 g/mol. The number of amides is 1. The Balaban J connectivity index is 1.78. The quantitative estimate of drug-likeness (QED) is 0.477. The van der Waals surface area contributed by atoms with E-state index in [-0.39, 0.29) is 11.8 Å². The average Bonchev–Trinajstić information content (AvgIpc) is 3.10. The van der Waals surface area contributed by atoms with Crippen LogP contribution in [0.2, 0.25) is 5.02 Å². The maximum absolute atomic E-state index is 13.8. The second-order valence-electron chi connectivity index (χ2n) is 5.27. The summed E-state index contributed by atoms with van der Waals surface area (Å²) in [5, 5.41) is 4.24. The lowest BCUT2D eigenvalue weighted by molar-refractivity contribution is -0.125. The van der Waals surface area contributed by atoms with Crippen molar-refractivity contribution in [2.75, 3.05) is 5.32 Å². The van der Waals surface area contributed by atoms with Crippen LogP contribution in [0.5, 0.6) is 0 Å². The summed E-state index contributed by atoms with van der Waals surface area (Å²) in [6.07, 6.45) is -1.88. The molecule has 0 spiro atoms. The first-order chi connectivity index (χ1) is 12.7. The minimum absolute atomic E-state index is 0.231. The molecule has 1 N–H and O–H groups in total. The summed E-state index contributed by atoms with van der Waals surface area (Å²) >= 11 is 5.44. The smallest absolute Gasteiger partial charge is 0.268 e.